The average Bonchev–Trinajstić information content (AvgIpc) is 1.62. The zero-order chi connectivity index (χ0) is 73.9. The molecule has 0 bridgehead atoms. The van der Waals surface area contributed by atoms with Gasteiger partial charge in [0.25, 0.3) is 0 Å². The van der Waals surface area contributed by atoms with E-state index in [1.165, 1.54) is 29.2 Å². The predicted molar refractivity (Wildman–Crippen MR) is 367 cm³/mol. The summed E-state index contributed by atoms with van der Waals surface area (Å²) < 4.78 is 0. The van der Waals surface area contributed by atoms with E-state index in [-0.39, 0.29) is 94.7 Å². The summed E-state index contributed by atoms with van der Waals surface area (Å²) in [7, 11) is 0. The zero-order valence-electron chi connectivity index (χ0n) is 57.4. The Morgan fingerprint density at radius 3 is 1.99 bits per heavy atom. The average molecular weight is 1420 g/mol. The standard InChI is InChI=1S/C66H99N17O16S/c1-8-17-36(6)52(69)65-80-47(32-100-65)61(95)79-46-26-37(7)83(66(46)99)48(22-23-50(85)86)62(96)82-54(35(5)10-3)63(97)74-40-20-14-15-25-71-55(89)44(29-49(68)84)76-60(94)45(30-51(87)88)77-59(93)43(28-39-31-70-33-72-39)75-58(92)42(27-38-18-12-11-13-19-38)78-64(98)53(34(4)9-2)81-57(91)41(21-16-24-67)73-56(40)90/h8,11-13,18-19,31,33-37,40-48,52-54H,1,9-10,14-17,20-30,32,67,69H2,2-7H3,(H2,68,84)(H,70,72)(H,71,89)(H,73,90)(H,74,97)(H,75,92)(H,76,94)(H,77,93)(H,78,98)(H,79,95)(H,81,91)(H,82,96)(H,85,86)(H,87,88). The number of hydrogen-bond donors (Lipinski definition) is 16. The number of nitrogens with two attached hydrogens (primary N) is 3. The number of imidazole rings is 1. The fourth-order valence-corrected chi connectivity index (χ4v) is 12.9. The minimum atomic E-state index is -1.94. The van der Waals surface area contributed by atoms with Gasteiger partial charge in [-0.2, -0.15) is 0 Å². The topological polar surface area (TPSA) is 522 Å². The number of rotatable bonds is 29. The third-order valence-corrected chi connectivity index (χ3v) is 19.1. The Hall–Kier alpha value is -9.31. The molecule has 1 aromatic carbocycles. The number of thioether (sulfide) groups is 1. The van der Waals surface area contributed by atoms with Crippen molar-refractivity contribution in [2.24, 2.45) is 39.9 Å². The molecule has 16 unspecified atom stereocenters. The van der Waals surface area contributed by atoms with Crippen LogP contribution in [0.3, 0.4) is 0 Å². The van der Waals surface area contributed by atoms with Crippen LogP contribution in [0.2, 0.25) is 0 Å². The van der Waals surface area contributed by atoms with Crippen LogP contribution in [0.1, 0.15) is 136 Å². The van der Waals surface area contributed by atoms with Crippen LogP contribution < -0.4 is 70.4 Å². The van der Waals surface area contributed by atoms with Gasteiger partial charge in [0.15, 0.2) is 0 Å². The maximum Gasteiger partial charge on any atom is 0.305 e. The number of aromatic nitrogens is 2. The van der Waals surface area contributed by atoms with Gasteiger partial charge in [0.05, 0.1) is 35.9 Å². The molecule has 4 heterocycles. The molecule has 33 nitrogen and oxygen atoms in total. The first kappa shape index (κ1) is 81.4. The van der Waals surface area contributed by atoms with Crippen LogP contribution in [0.25, 0.3) is 0 Å². The molecule has 3 aliphatic rings. The van der Waals surface area contributed by atoms with Gasteiger partial charge in [0.2, 0.25) is 70.9 Å². The monoisotopic (exact) mass is 1420 g/mol. The van der Waals surface area contributed by atoms with Crippen molar-refractivity contribution in [1.29, 1.82) is 0 Å². The largest absolute Gasteiger partial charge is 0.481 e. The number of H-pyrrole nitrogens is 1. The van der Waals surface area contributed by atoms with Crippen molar-refractivity contribution in [2.75, 3.05) is 18.8 Å². The van der Waals surface area contributed by atoms with E-state index in [4.69, 9.17) is 17.2 Å². The highest BCUT2D eigenvalue weighted by atomic mass is 32.2. The summed E-state index contributed by atoms with van der Waals surface area (Å²) in [6, 6.07) is -8.94. The molecule has 5 rings (SSSR count). The number of benzene rings is 1. The van der Waals surface area contributed by atoms with E-state index in [1.807, 2.05) is 6.92 Å². The molecule has 12 amide bonds. The molecule has 34 heteroatoms. The van der Waals surface area contributed by atoms with E-state index in [9.17, 15) is 77.3 Å². The molecule has 2 saturated heterocycles. The molecule has 3 aliphatic heterocycles. The first-order chi connectivity index (χ1) is 47.5. The van der Waals surface area contributed by atoms with Crippen LogP contribution in [0.5, 0.6) is 0 Å². The molecule has 0 aliphatic carbocycles. The second-order valence-corrected chi connectivity index (χ2v) is 26.8. The third kappa shape index (κ3) is 24.5. The molecule has 2 fully saturated rings. The van der Waals surface area contributed by atoms with Crippen LogP contribution in [-0.4, -0.2) is 210 Å². The van der Waals surface area contributed by atoms with Crippen LogP contribution in [-0.2, 0) is 80.0 Å². The summed E-state index contributed by atoms with van der Waals surface area (Å²) in [6.07, 6.45) is 2.02. The zero-order valence-corrected chi connectivity index (χ0v) is 58.2. The first-order valence-corrected chi connectivity index (χ1v) is 34.8. The van der Waals surface area contributed by atoms with Crippen molar-refractivity contribution in [1.82, 2.24) is 68.0 Å². The molecule has 0 spiro atoms. The number of primary amides is 1. The van der Waals surface area contributed by atoms with Gasteiger partial charge in [0.1, 0.15) is 66.5 Å². The van der Waals surface area contributed by atoms with Gasteiger partial charge in [-0.3, -0.25) is 72.1 Å². The number of likely N-dealkylation sites (tertiary alicyclic amines) is 1. The van der Waals surface area contributed by atoms with Gasteiger partial charge in [-0.1, -0.05) is 83.9 Å². The number of carboxylic acids is 2. The Morgan fingerprint density at radius 2 is 1.38 bits per heavy atom. The fraction of sp³-hybridized carbons (Fsp3) is 0.606. The fourth-order valence-electron chi connectivity index (χ4n) is 11.7. The maximum atomic E-state index is 14.9. The number of aliphatic carboxylic acids is 2. The number of nitrogens with zero attached hydrogens (tertiary/aromatic N) is 3. The summed E-state index contributed by atoms with van der Waals surface area (Å²) in [5.74, 6) is -15.1. The summed E-state index contributed by atoms with van der Waals surface area (Å²) in [5.41, 5.74) is 18.7. The summed E-state index contributed by atoms with van der Waals surface area (Å²) in [6.45, 7) is 13.9. The highest BCUT2D eigenvalue weighted by molar-refractivity contribution is 8.14. The van der Waals surface area contributed by atoms with Gasteiger partial charge in [-0.25, -0.2) is 4.98 Å². The van der Waals surface area contributed by atoms with Gasteiger partial charge in [0, 0.05) is 43.8 Å². The van der Waals surface area contributed by atoms with Crippen molar-refractivity contribution in [2.45, 2.75) is 216 Å². The Balaban J connectivity index is 1.51. The minimum Gasteiger partial charge on any atom is -0.481 e. The highest BCUT2D eigenvalue weighted by Gasteiger charge is 2.46. The maximum absolute atomic E-state index is 14.9. The highest BCUT2D eigenvalue weighted by Crippen LogP contribution is 2.28. The number of allylic oxidation sites excluding steroid dienone is 1. The Morgan fingerprint density at radius 1 is 0.750 bits per heavy atom. The van der Waals surface area contributed by atoms with E-state index in [0.29, 0.717) is 17.0 Å². The molecule has 2 aromatic rings. The lowest BCUT2D eigenvalue weighted by Crippen LogP contribution is -2.62. The van der Waals surface area contributed by atoms with E-state index in [2.05, 4.69) is 74.7 Å². The lowest BCUT2D eigenvalue weighted by Gasteiger charge is -2.33. The van der Waals surface area contributed by atoms with E-state index in [0.717, 1.165) is 0 Å². The van der Waals surface area contributed by atoms with Crippen molar-refractivity contribution in [3.63, 3.8) is 0 Å². The van der Waals surface area contributed by atoms with Crippen molar-refractivity contribution in [3.05, 3.63) is 66.8 Å². The summed E-state index contributed by atoms with van der Waals surface area (Å²) >= 11 is 1.33. The number of nitrogens with one attached hydrogen (secondary N) is 11. The summed E-state index contributed by atoms with van der Waals surface area (Å²) in [4.78, 5) is 209. The molecule has 0 saturated carbocycles. The molecular formula is C66H99N17O16S. The normalized spacial score (nSPS) is 25.1. The molecule has 550 valence electrons. The lowest BCUT2D eigenvalue weighted by molar-refractivity contribution is -0.144. The summed E-state index contributed by atoms with van der Waals surface area (Å²) in [5, 5.41) is 46.6. The second-order valence-electron chi connectivity index (χ2n) is 25.7. The minimum absolute atomic E-state index is 0.00430. The predicted octanol–water partition coefficient (Wildman–Crippen LogP) is -2.05. The van der Waals surface area contributed by atoms with E-state index < -0.39 is 199 Å². The molecular weight excluding hydrogens is 1320 g/mol. The van der Waals surface area contributed by atoms with E-state index >= 15 is 0 Å². The van der Waals surface area contributed by atoms with E-state index in [1.54, 1.807) is 71.0 Å². The number of carbonyl (C=O) groups excluding carboxylic acids is 12. The van der Waals surface area contributed by atoms with Gasteiger partial charge in [-0.05, 0) is 88.2 Å². The number of aliphatic imine (C=N–C) groups is 1. The molecule has 1 aromatic heterocycles. The number of aromatic amines is 1. The van der Waals surface area contributed by atoms with Gasteiger partial charge < -0.3 is 90.5 Å². The number of carboxylic acid groups (broad SMARTS) is 2. The van der Waals surface area contributed by atoms with Gasteiger partial charge in [-0.15, -0.1) is 18.3 Å². The van der Waals surface area contributed by atoms with Crippen LogP contribution >= 0.6 is 11.8 Å². The number of amides is 12. The first-order valence-electron chi connectivity index (χ1n) is 33.8. The second kappa shape index (κ2) is 40.1. The van der Waals surface area contributed by atoms with Crippen LogP contribution in [0.4, 0.5) is 0 Å². The Bertz CT molecular complexity index is 3250. The molecule has 16 atom stereocenters. The SMILES string of the molecule is C=CCC(C)C(N)C1=NC(C(=O)NC2CC(C)N(C(CCC(=O)O)C(=O)NC(C(=O)NC3CCCCNC(=O)C(CC(N)=O)NC(=O)C(CC(=O)O)NC(=O)C(Cc4c[nH]cn4)NC(=O)C(Cc4ccccc4)NC(=O)C(C(C)CC)NC(=O)C(CCCN)NC3=O)C(C)CC)C2=O)CS1. The van der Waals surface area contributed by atoms with Crippen LogP contribution in [0.15, 0.2) is 60.5 Å². The third-order valence-electron chi connectivity index (χ3n) is 17.9. The quantitative estimate of drug-likeness (QED) is 0.0390. The van der Waals surface area contributed by atoms with Crippen LogP contribution in [0, 0.1) is 17.8 Å². The number of hydrogen-bond acceptors (Lipinski definition) is 19. The lowest BCUT2D eigenvalue weighted by atomic mass is 9.96. The van der Waals surface area contributed by atoms with Gasteiger partial charge >= 0.3 is 11.9 Å². The molecule has 100 heavy (non-hydrogen) atoms. The molecule has 19 N–H and O–H groups in total. The Labute approximate surface area is 584 Å². The number of carbonyl (C=O) groups is 14. The van der Waals surface area contributed by atoms with Crippen molar-refractivity contribution in [3.8, 4) is 0 Å². The molecule has 0 radical (unpaired) electrons. The van der Waals surface area contributed by atoms with Crippen molar-refractivity contribution < 1.29 is 77.3 Å². The Kier molecular flexibility index (Phi) is 32.6. The van der Waals surface area contributed by atoms with Crippen molar-refractivity contribution >= 4 is 99.6 Å². The smallest absolute Gasteiger partial charge is 0.305 e.